The molecule has 0 heteroatoms. The molecule has 0 radical (unpaired) electrons. The molecule has 1 atom stereocenters. The predicted molar refractivity (Wildman–Crippen MR) is 62.1 cm³/mol. The van der Waals surface area contributed by atoms with E-state index in [0.29, 0.717) is 5.92 Å². The Bertz CT molecular complexity index is 313. The third kappa shape index (κ3) is 2.06. The second-order valence-corrected chi connectivity index (χ2v) is 4.11. The molecule has 0 saturated carbocycles. The van der Waals surface area contributed by atoms with Crippen molar-refractivity contribution in [2.45, 2.75) is 32.6 Å². The summed E-state index contributed by atoms with van der Waals surface area (Å²) in [5, 5.41) is 0. The fourth-order valence-corrected chi connectivity index (χ4v) is 2.10. The molecular weight excluding hydrogens is 168 g/mol. The Morgan fingerprint density at radius 1 is 1.21 bits per heavy atom. The molecule has 0 aliphatic heterocycles. The maximum Gasteiger partial charge on any atom is 0.0207 e. The Morgan fingerprint density at radius 2 is 2.14 bits per heavy atom. The van der Waals surface area contributed by atoms with Crippen molar-refractivity contribution in [1.29, 1.82) is 0 Å². The number of hydrogen-bond donors (Lipinski definition) is 0. The van der Waals surface area contributed by atoms with Crippen LogP contribution >= 0.6 is 0 Å². The van der Waals surface area contributed by atoms with Gasteiger partial charge in [0.1, 0.15) is 0 Å². The van der Waals surface area contributed by atoms with Gasteiger partial charge in [0.25, 0.3) is 0 Å². The molecule has 1 unspecified atom stereocenters. The van der Waals surface area contributed by atoms with Crippen molar-refractivity contribution < 1.29 is 0 Å². The van der Waals surface area contributed by atoms with E-state index in [4.69, 9.17) is 0 Å². The van der Waals surface area contributed by atoms with Gasteiger partial charge in [-0.3, -0.25) is 0 Å². The molecule has 2 rings (SSSR count). The number of allylic oxidation sites excluding steroid dienone is 8. The first kappa shape index (κ1) is 9.51. The molecule has 0 aromatic carbocycles. The van der Waals surface area contributed by atoms with Gasteiger partial charge in [-0.15, -0.1) is 0 Å². The lowest BCUT2D eigenvalue weighted by atomic mass is 9.98. The third-order valence-corrected chi connectivity index (χ3v) is 2.92. The van der Waals surface area contributed by atoms with E-state index < -0.39 is 0 Å². The molecule has 0 bridgehead atoms. The van der Waals surface area contributed by atoms with Gasteiger partial charge < -0.3 is 0 Å². The van der Waals surface area contributed by atoms with Crippen molar-refractivity contribution in [3.05, 3.63) is 47.6 Å². The number of unbranched alkanes of at least 4 members (excludes halogenated alkanes) is 2. The van der Waals surface area contributed by atoms with E-state index in [9.17, 15) is 0 Å². The molecule has 74 valence electrons. The molecule has 0 saturated heterocycles. The standard InChI is InChI=1S/C14H18/c1-2-3-4-7-12-10-13-8-5-6-9-14(13)11-12/h5-6,8-11,13H,2-4,7H2,1H3. The highest BCUT2D eigenvalue weighted by atomic mass is 14.2. The highest BCUT2D eigenvalue weighted by Gasteiger charge is 2.15. The zero-order valence-electron chi connectivity index (χ0n) is 8.87. The molecule has 0 aromatic rings. The van der Waals surface area contributed by atoms with Gasteiger partial charge in [0.2, 0.25) is 0 Å². The molecule has 0 heterocycles. The lowest BCUT2D eigenvalue weighted by Gasteiger charge is -2.06. The van der Waals surface area contributed by atoms with Gasteiger partial charge in [0.05, 0.1) is 0 Å². The van der Waals surface area contributed by atoms with Crippen LogP contribution in [0.3, 0.4) is 0 Å². The minimum absolute atomic E-state index is 0.580. The van der Waals surface area contributed by atoms with Crippen LogP contribution in [0.15, 0.2) is 47.6 Å². The quantitative estimate of drug-likeness (QED) is 0.578. The summed E-state index contributed by atoms with van der Waals surface area (Å²) in [5.41, 5.74) is 3.01. The summed E-state index contributed by atoms with van der Waals surface area (Å²) < 4.78 is 0. The first-order valence-corrected chi connectivity index (χ1v) is 5.67. The second kappa shape index (κ2) is 4.45. The van der Waals surface area contributed by atoms with Gasteiger partial charge in [0.15, 0.2) is 0 Å². The molecule has 0 fully saturated rings. The fourth-order valence-electron chi connectivity index (χ4n) is 2.10. The first-order valence-electron chi connectivity index (χ1n) is 5.67. The second-order valence-electron chi connectivity index (χ2n) is 4.11. The van der Waals surface area contributed by atoms with E-state index in [2.05, 4.69) is 43.4 Å². The highest BCUT2D eigenvalue weighted by molar-refractivity contribution is 5.47. The summed E-state index contributed by atoms with van der Waals surface area (Å²) in [5.74, 6) is 0.580. The Hall–Kier alpha value is -1.04. The van der Waals surface area contributed by atoms with Gasteiger partial charge in [-0.2, -0.15) is 0 Å². The monoisotopic (exact) mass is 186 g/mol. The summed E-state index contributed by atoms with van der Waals surface area (Å²) in [6, 6.07) is 0. The zero-order valence-corrected chi connectivity index (χ0v) is 8.87. The molecular formula is C14H18. The molecule has 0 nitrogen and oxygen atoms in total. The van der Waals surface area contributed by atoms with Crippen LogP contribution in [-0.2, 0) is 0 Å². The Morgan fingerprint density at radius 3 is 2.93 bits per heavy atom. The minimum atomic E-state index is 0.580. The lowest BCUT2D eigenvalue weighted by Crippen LogP contribution is -1.92. The largest absolute Gasteiger partial charge is 0.0732 e. The van der Waals surface area contributed by atoms with Crippen LogP contribution < -0.4 is 0 Å². The van der Waals surface area contributed by atoms with E-state index >= 15 is 0 Å². The zero-order chi connectivity index (χ0) is 9.80. The van der Waals surface area contributed by atoms with E-state index in [1.54, 1.807) is 0 Å². The van der Waals surface area contributed by atoms with Crippen molar-refractivity contribution in [3.8, 4) is 0 Å². The summed E-state index contributed by atoms with van der Waals surface area (Å²) >= 11 is 0. The molecule has 2 aliphatic rings. The summed E-state index contributed by atoms with van der Waals surface area (Å²) in [4.78, 5) is 0. The summed E-state index contributed by atoms with van der Waals surface area (Å²) in [7, 11) is 0. The van der Waals surface area contributed by atoms with Crippen molar-refractivity contribution in [1.82, 2.24) is 0 Å². The van der Waals surface area contributed by atoms with Gasteiger partial charge in [-0.1, -0.05) is 61.8 Å². The third-order valence-electron chi connectivity index (χ3n) is 2.92. The Labute approximate surface area is 86.7 Å². The SMILES string of the molecule is CCCCCC1=CC2C=CC=CC2=C1. The van der Waals surface area contributed by atoms with Crippen molar-refractivity contribution in [3.63, 3.8) is 0 Å². The first-order chi connectivity index (χ1) is 6.90. The van der Waals surface area contributed by atoms with Gasteiger partial charge in [0, 0.05) is 5.92 Å². The Kier molecular flexibility index (Phi) is 3.03. The van der Waals surface area contributed by atoms with E-state index in [1.165, 1.54) is 36.8 Å². The average molecular weight is 186 g/mol. The molecule has 0 amide bonds. The number of fused-ring (bicyclic) bond motifs is 1. The fraction of sp³-hybridized carbons (Fsp3) is 0.429. The van der Waals surface area contributed by atoms with Gasteiger partial charge >= 0.3 is 0 Å². The van der Waals surface area contributed by atoms with Crippen molar-refractivity contribution >= 4 is 0 Å². The van der Waals surface area contributed by atoms with Crippen LogP contribution in [-0.4, -0.2) is 0 Å². The molecule has 0 N–H and O–H groups in total. The Balaban J connectivity index is 1.93. The molecule has 2 aliphatic carbocycles. The molecule has 0 spiro atoms. The lowest BCUT2D eigenvalue weighted by molar-refractivity contribution is 0.719. The average Bonchev–Trinajstić information content (AvgIpc) is 2.60. The van der Waals surface area contributed by atoms with E-state index in [0.717, 1.165) is 0 Å². The van der Waals surface area contributed by atoms with E-state index in [-0.39, 0.29) is 0 Å². The summed E-state index contributed by atoms with van der Waals surface area (Å²) in [6.07, 6.45) is 18.8. The maximum absolute atomic E-state index is 2.41. The van der Waals surface area contributed by atoms with Crippen LogP contribution in [0.4, 0.5) is 0 Å². The van der Waals surface area contributed by atoms with E-state index in [1.807, 2.05) is 0 Å². The van der Waals surface area contributed by atoms with Crippen molar-refractivity contribution in [2.75, 3.05) is 0 Å². The van der Waals surface area contributed by atoms with Crippen molar-refractivity contribution in [2.24, 2.45) is 5.92 Å². The van der Waals surface area contributed by atoms with Gasteiger partial charge in [-0.25, -0.2) is 0 Å². The van der Waals surface area contributed by atoms with Crippen LogP contribution in [0.2, 0.25) is 0 Å². The predicted octanol–water partition coefficient (Wildman–Crippen LogP) is 4.18. The summed E-state index contributed by atoms with van der Waals surface area (Å²) in [6.45, 7) is 2.26. The number of rotatable bonds is 4. The van der Waals surface area contributed by atoms with Crippen LogP contribution in [0, 0.1) is 5.92 Å². The minimum Gasteiger partial charge on any atom is -0.0732 e. The highest BCUT2D eigenvalue weighted by Crippen LogP contribution is 2.30. The smallest absolute Gasteiger partial charge is 0.0207 e. The van der Waals surface area contributed by atoms with Crippen LogP contribution in [0.1, 0.15) is 32.6 Å². The molecule has 0 aromatic heterocycles. The molecule has 14 heavy (non-hydrogen) atoms. The van der Waals surface area contributed by atoms with Crippen LogP contribution in [0.25, 0.3) is 0 Å². The van der Waals surface area contributed by atoms with Crippen LogP contribution in [0.5, 0.6) is 0 Å². The topological polar surface area (TPSA) is 0 Å². The number of hydrogen-bond acceptors (Lipinski definition) is 0. The maximum atomic E-state index is 2.41. The van der Waals surface area contributed by atoms with Gasteiger partial charge in [-0.05, 0) is 18.4 Å². The normalized spacial score (nSPS) is 23.4.